The molecule has 0 aliphatic carbocycles. The molecule has 0 fully saturated rings. The molecule has 1 rings (SSSR count). The van der Waals surface area contributed by atoms with Gasteiger partial charge in [0.2, 0.25) is 0 Å². The summed E-state index contributed by atoms with van der Waals surface area (Å²) >= 11 is 12.1. The standard InChI is InChI=1S/C14H17Cl2N/c1-3-5-6-14(17-9-4-2)12-8-7-11(15)10-13(12)16/h1,7-8,10,14,17H,4-6,9H2,2H3. The van der Waals surface area contributed by atoms with Crippen LogP contribution in [0, 0.1) is 12.3 Å². The lowest BCUT2D eigenvalue weighted by Crippen LogP contribution is -2.22. The fourth-order valence-electron chi connectivity index (χ4n) is 1.70. The maximum Gasteiger partial charge on any atom is 0.0468 e. The highest BCUT2D eigenvalue weighted by molar-refractivity contribution is 6.35. The quantitative estimate of drug-likeness (QED) is 0.753. The lowest BCUT2D eigenvalue weighted by atomic mass is 10.0. The second kappa shape index (κ2) is 7.61. The molecule has 1 atom stereocenters. The zero-order chi connectivity index (χ0) is 12.7. The molecule has 92 valence electrons. The van der Waals surface area contributed by atoms with Crippen molar-refractivity contribution in [3.63, 3.8) is 0 Å². The van der Waals surface area contributed by atoms with Gasteiger partial charge in [0.15, 0.2) is 0 Å². The number of terminal acetylenes is 1. The zero-order valence-corrected chi connectivity index (χ0v) is 11.5. The molecule has 0 saturated carbocycles. The average Bonchev–Trinajstić information content (AvgIpc) is 2.30. The van der Waals surface area contributed by atoms with Crippen LogP contribution in [0.1, 0.15) is 37.8 Å². The van der Waals surface area contributed by atoms with E-state index in [4.69, 9.17) is 29.6 Å². The van der Waals surface area contributed by atoms with Gasteiger partial charge in [-0.1, -0.05) is 36.2 Å². The van der Waals surface area contributed by atoms with E-state index in [1.807, 2.05) is 12.1 Å². The van der Waals surface area contributed by atoms with E-state index in [0.29, 0.717) is 10.0 Å². The molecule has 0 spiro atoms. The Kier molecular flexibility index (Phi) is 6.44. The van der Waals surface area contributed by atoms with Gasteiger partial charge >= 0.3 is 0 Å². The van der Waals surface area contributed by atoms with Crippen LogP contribution in [0.25, 0.3) is 0 Å². The molecule has 1 unspecified atom stereocenters. The number of halogens is 2. The van der Waals surface area contributed by atoms with E-state index in [9.17, 15) is 0 Å². The number of nitrogens with one attached hydrogen (secondary N) is 1. The summed E-state index contributed by atoms with van der Waals surface area (Å²) in [5.74, 6) is 2.67. The molecule has 0 heterocycles. The molecular weight excluding hydrogens is 253 g/mol. The van der Waals surface area contributed by atoms with E-state index in [-0.39, 0.29) is 6.04 Å². The predicted molar refractivity (Wildman–Crippen MR) is 75.6 cm³/mol. The van der Waals surface area contributed by atoms with Crippen molar-refractivity contribution < 1.29 is 0 Å². The van der Waals surface area contributed by atoms with Crippen LogP contribution in [-0.2, 0) is 0 Å². The van der Waals surface area contributed by atoms with Crippen molar-refractivity contribution in [2.24, 2.45) is 0 Å². The summed E-state index contributed by atoms with van der Waals surface area (Å²) in [6.45, 7) is 3.09. The fraction of sp³-hybridized carbons (Fsp3) is 0.429. The number of benzene rings is 1. The van der Waals surface area contributed by atoms with Crippen LogP contribution in [0.5, 0.6) is 0 Å². The molecular formula is C14H17Cl2N. The maximum absolute atomic E-state index is 6.21. The SMILES string of the molecule is C#CCCC(NCCC)c1ccc(Cl)cc1Cl. The summed E-state index contributed by atoms with van der Waals surface area (Å²) in [4.78, 5) is 0. The molecule has 1 aromatic rings. The molecule has 3 heteroatoms. The van der Waals surface area contributed by atoms with E-state index >= 15 is 0 Å². The number of hydrogen-bond acceptors (Lipinski definition) is 1. The van der Waals surface area contributed by atoms with Crippen molar-refractivity contribution in [1.82, 2.24) is 5.32 Å². The van der Waals surface area contributed by atoms with Crippen LogP contribution < -0.4 is 5.32 Å². The Balaban J connectivity index is 2.83. The summed E-state index contributed by atoms with van der Waals surface area (Å²) < 4.78 is 0. The first-order valence-electron chi connectivity index (χ1n) is 5.80. The molecule has 1 aromatic carbocycles. The highest BCUT2D eigenvalue weighted by Crippen LogP contribution is 2.28. The van der Waals surface area contributed by atoms with Crippen molar-refractivity contribution in [2.45, 2.75) is 32.2 Å². The molecule has 0 bridgehead atoms. The highest BCUT2D eigenvalue weighted by atomic mass is 35.5. The van der Waals surface area contributed by atoms with Crippen molar-refractivity contribution >= 4 is 23.2 Å². The van der Waals surface area contributed by atoms with Crippen LogP contribution in [0.15, 0.2) is 18.2 Å². The van der Waals surface area contributed by atoms with Gasteiger partial charge in [-0.25, -0.2) is 0 Å². The molecule has 0 amide bonds. The molecule has 0 aromatic heterocycles. The topological polar surface area (TPSA) is 12.0 Å². The first kappa shape index (κ1) is 14.4. The first-order valence-corrected chi connectivity index (χ1v) is 6.56. The third kappa shape index (κ3) is 4.60. The van der Waals surface area contributed by atoms with Crippen LogP contribution in [0.2, 0.25) is 10.0 Å². The van der Waals surface area contributed by atoms with E-state index < -0.39 is 0 Å². The van der Waals surface area contributed by atoms with Crippen molar-refractivity contribution in [3.8, 4) is 12.3 Å². The second-order valence-electron chi connectivity index (χ2n) is 3.92. The molecule has 1 N–H and O–H groups in total. The van der Waals surface area contributed by atoms with Gasteiger partial charge in [0.05, 0.1) is 0 Å². The van der Waals surface area contributed by atoms with Gasteiger partial charge < -0.3 is 5.32 Å². The van der Waals surface area contributed by atoms with Gasteiger partial charge in [-0.05, 0) is 37.1 Å². The molecule has 17 heavy (non-hydrogen) atoms. The average molecular weight is 270 g/mol. The van der Waals surface area contributed by atoms with Gasteiger partial charge in [0, 0.05) is 22.5 Å². The minimum absolute atomic E-state index is 0.204. The summed E-state index contributed by atoms with van der Waals surface area (Å²) in [6.07, 6.45) is 8.02. The van der Waals surface area contributed by atoms with Crippen molar-refractivity contribution in [3.05, 3.63) is 33.8 Å². The summed E-state index contributed by atoms with van der Waals surface area (Å²) in [5, 5.41) is 4.81. The Bertz CT molecular complexity index is 396. The number of rotatable bonds is 6. The van der Waals surface area contributed by atoms with Crippen molar-refractivity contribution in [1.29, 1.82) is 0 Å². The normalized spacial score (nSPS) is 12.1. The first-order chi connectivity index (χ1) is 8.19. The largest absolute Gasteiger partial charge is 0.310 e. The Hall–Kier alpha value is -0.680. The van der Waals surface area contributed by atoms with Crippen molar-refractivity contribution in [2.75, 3.05) is 6.54 Å². The Morgan fingerprint density at radius 2 is 2.18 bits per heavy atom. The molecule has 0 aliphatic rings. The maximum atomic E-state index is 6.21. The Morgan fingerprint density at radius 3 is 2.76 bits per heavy atom. The second-order valence-corrected chi connectivity index (χ2v) is 4.76. The van der Waals surface area contributed by atoms with Gasteiger partial charge in [0.1, 0.15) is 0 Å². The Morgan fingerprint density at radius 1 is 1.41 bits per heavy atom. The van der Waals surface area contributed by atoms with Crippen LogP contribution >= 0.6 is 23.2 Å². The van der Waals surface area contributed by atoms with Crippen LogP contribution in [0.3, 0.4) is 0 Å². The summed E-state index contributed by atoms with van der Waals surface area (Å²) in [5.41, 5.74) is 1.07. The number of hydrogen-bond donors (Lipinski definition) is 1. The fourth-order valence-corrected chi connectivity index (χ4v) is 2.24. The minimum Gasteiger partial charge on any atom is -0.310 e. The van der Waals surface area contributed by atoms with Gasteiger partial charge in [-0.3, -0.25) is 0 Å². The molecule has 0 radical (unpaired) electrons. The van der Waals surface area contributed by atoms with Gasteiger partial charge in [-0.15, -0.1) is 12.3 Å². The van der Waals surface area contributed by atoms with E-state index in [2.05, 4.69) is 18.2 Å². The smallest absolute Gasteiger partial charge is 0.0468 e. The predicted octanol–water partition coefficient (Wildman–Crippen LogP) is 4.45. The van der Waals surface area contributed by atoms with E-state index in [0.717, 1.165) is 31.4 Å². The molecule has 0 aliphatic heterocycles. The zero-order valence-electron chi connectivity index (χ0n) is 9.97. The molecule has 1 nitrogen and oxygen atoms in total. The van der Waals surface area contributed by atoms with E-state index in [1.54, 1.807) is 6.07 Å². The van der Waals surface area contributed by atoms with Crippen LogP contribution in [0.4, 0.5) is 0 Å². The lowest BCUT2D eigenvalue weighted by molar-refractivity contribution is 0.506. The van der Waals surface area contributed by atoms with E-state index in [1.165, 1.54) is 0 Å². The molecule has 0 saturated heterocycles. The monoisotopic (exact) mass is 269 g/mol. The third-order valence-corrected chi connectivity index (χ3v) is 3.12. The summed E-state index contributed by atoms with van der Waals surface area (Å²) in [7, 11) is 0. The third-order valence-electron chi connectivity index (χ3n) is 2.56. The van der Waals surface area contributed by atoms with Gasteiger partial charge in [0.25, 0.3) is 0 Å². The van der Waals surface area contributed by atoms with Gasteiger partial charge in [-0.2, -0.15) is 0 Å². The Labute approximate surface area is 114 Å². The summed E-state index contributed by atoms with van der Waals surface area (Å²) in [6, 6.07) is 5.80. The minimum atomic E-state index is 0.204. The highest BCUT2D eigenvalue weighted by Gasteiger charge is 2.13. The van der Waals surface area contributed by atoms with Crippen LogP contribution in [-0.4, -0.2) is 6.54 Å². The lowest BCUT2D eigenvalue weighted by Gasteiger charge is -2.19.